The van der Waals surface area contributed by atoms with Crippen LogP contribution in [0.25, 0.3) is 10.9 Å². The molecule has 142 valence electrons. The summed E-state index contributed by atoms with van der Waals surface area (Å²) in [6, 6.07) is 16.3. The molecule has 1 aliphatic rings. The second kappa shape index (κ2) is 7.65. The molecule has 6 heteroatoms. The lowest BCUT2D eigenvalue weighted by Gasteiger charge is -2.21. The lowest BCUT2D eigenvalue weighted by molar-refractivity contribution is 0.394. The number of methoxy groups -OCH3 is 2. The average molecular weight is 374 g/mol. The Morgan fingerprint density at radius 1 is 1.14 bits per heavy atom. The summed E-state index contributed by atoms with van der Waals surface area (Å²) in [7, 11) is 3.32. The van der Waals surface area contributed by atoms with Crippen molar-refractivity contribution in [2.75, 3.05) is 37.5 Å². The van der Waals surface area contributed by atoms with Gasteiger partial charge in [0.05, 0.1) is 31.0 Å². The minimum absolute atomic E-state index is 0.232. The molecule has 1 aliphatic heterocycles. The highest BCUT2D eigenvalue weighted by Crippen LogP contribution is 2.32. The van der Waals surface area contributed by atoms with E-state index < -0.39 is 0 Å². The second-order valence-electron chi connectivity index (χ2n) is 6.82. The normalized spacial score (nSPS) is 16.0. The van der Waals surface area contributed by atoms with Gasteiger partial charge in [0, 0.05) is 54.6 Å². The summed E-state index contributed by atoms with van der Waals surface area (Å²) in [4.78, 5) is 6.69. The molecule has 0 radical (unpaired) electrons. The monoisotopic (exact) mass is 374 g/mol. The van der Waals surface area contributed by atoms with Crippen molar-refractivity contribution in [1.82, 2.24) is 4.98 Å². The number of nitrogens with zero attached hydrogens (tertiary/aromatic N) is 3. The quantitative estimate of drug-likeness (QED) is 0.732. The lowest BCUT2D eigenvalue weighted by atomic mass is 10.1. The van der Waals surface area contributed by atoms with Gasteiger partial charge in [-0.3, -0.25) is 4.98 Å². The summed E-state index contributed by atoms with van der Waals surface area (Å²) < 4.78 is 10.8. The fourth-order valence-corrected chi connectivity index (χ4v) is 3.67. The molecule has 6 nitrogen and oxygen atoms in total. The molecular formula is C22H22N4O2. The topological polar surface area (TPSA) is 70.4 Å². The van der Waals surface area contributed by atoms with Crippen LogP contribution in [0.5, 0.6) is 11.5 Å². The molecule has 4 rings (SSSR count). The zero-order valence-corrected chi connectivity index (χ0v) is 16.0. The van der Waals surface area contributed by atoms with Crippen molar-refractivity contribution in [3.05, 3.63) is 54.2 Å². The number of nitriles is 1. The third-order valence-electron chi connectivity index (χ3n) is 5.13. The molecule has 0 saturated carbocycles. The molecule has 3 aromatic rings. The number of anilines is 2. The number of hydrogen-bond acceptors (Lipinski definition) is 6. The van der Waals surface area contributed by atoms with E-state index in [1.54, 1.807) is 20.4 Å². The van der Waals surface area contributed by atoms with Crippen molar-refractivity contribution in [3.63, 3.8) is 0 Å². The van der Waals surface area contributed by atoms with E-state index in [9.17, 15) is 5.26 Å². The zero-order valence-electron chi connectivity index (χ0n) is 16.0. The van der Waals surface area contributed by atoms with Crippen molar-refractivity contribution in [3.8, 4) is 17.6 Å². The number of nitrogens with one attached hydrogen (secondary N) is 1. The predicted octanol–water partition coefficient (Wildman–Crippen LogP) is 3.81. The molecule has 0 aliphatic carbocycles. The number of para-hydroxylation sites is 1. The van der Waals surface area contributed by atoms with Crippen molar-refractivity contribution in [1.29, 1.82) is 5.26 Å². The summed E-state index contributed by atoms with van der Waals surface area (Å²) in [5, 5.41) is 14.1. The highest BCUT2D eigenvalue weighted by atomic mass is 16.5. The van der Waals surface area contributed by atoms with E-state index in [4.69, 9.17) is 9.47 Å². The van der Waals surface area contributed by atoms with Gasteiger partial charge in [-0.05, 0) is 12.5 Å². The third-order valence-corrected chi connectivity index (χ3v) is 5.13. The van der Waals surface area contributed by atoms with Gasteiger partial charge in [-0.25, -0.2) is 0 Å². The van der Waals surface area contributed by atoms with E-state index in [0.29, 0.717) is 5.56 Å². The molecule has 1 unspecified atom stereocenters. The average Bonchev–Trinajstić information content (AvgIpc) is 3.22. The molecule has 0 bridgehead atoms. The SMILES string of the molecule is COc1cc(OC)cc(N2CCC(Nc3c(C#N)cnc4ccccc34)C2)c1. The third kappa shape index (κ3) is 3.39. The van der Waals surface area contributed by atoms with E-state index in [-0.39, 0.29) is 6.04 Å². The molecule has 28 heavy (non-hydrogen) atoms. The molecule has 0 amide bonds. The van der Waals surface area contributed by atoms with Gasteiger partial charge in [-0.1, -0.05) is 18.2 Å². The number of aromatic nitrogens is 1. The number of rotatable bonds is 5. The lowest BCUT2D eigenvalue weighted by Crippen LogP contribution is -2.26. The number of hydrogen-bond donors (Lipinski definition) is 1. The summed E-state index contributed by atoms with van der Waals surface area (Å²) >= 11 is 0. The first kappa shape index (κ1) is 17.9. The van der Waals surface area contributed by atoms with Gasteiger partial charge in [0.2, 0.25) is 0 Å². The second-order valence-corrected chi connectivity index (χ2v) is 6.82. The highest BCUT2D eigenvalue weighted by molar-refractivity contribution is 5.94. The Balaban J connectivity index is 1.58. The molecule has 1 atom stereocenters. The molecular weight excluding hydrogens is 352 g/mol. The Kier molecular flexibility index (Phi) is 4.90. The summed E-state index contributed by atoms with van der Waals surface area (Å²) in [5.74, 6) is 1.55. The molecule has 1 aromatic heterocycles. The van der Waals surface area contributed by atoms with Gasteiger partial charge in [-0.15, -0.1) is 0 Å². The first-order valence-corrected chi connectivity index (χ1v) is 9.24. The Labute approximate surface area is 164 Å². The Hall–Kier alpha value is -3.46. The minimum atomic E-state index is 0.232. The van der Waals surface area contributed by atoms with Crippen LogP contribution in [-0.4, -0.2) is 38.3 Å². The van der Waals surface area contributed by atoms with Crippen LogP contribution in [0, 0.1) is 11.3 Å². The van der Waals surface area contributed by atoms with Gasteiger partial charge in [-0.2, -0.15) is 5.26 Å². The summed E-state index contributed by atoms with van der Waals surface area (Å²) in [6.07, 6.45) is 2.62. The van der Waals surface area contributed by atoms with Crippen LogP contribution in [0.4, 0.5) is 11.4 Å². The van der Waals surface area contributed by atoms with Crippen LogP contribution < -0.4 is 19.7 Å². The van der Waals surface area contributed by atoms with E-state index in [1.165, 1.54) is 0 Å². The Morgan fingerprint density at radius 2 is 1.89 bits per heavy atom. The fraction of sp³-hybridized carbons (Fsp3) is 0.273. The van der Waals surface area contributed by atoms with Gasteiger partial charge >= 0.3 is 0 Å². The maximum absolute atomic E-state index is 9.53. The minimum Gasteiger partial charge on any atom is -0.497 e. The fourth-order valence-electron chi connectivity index (χ4n) is 3.67. The van der Waals surface area contributed by atoms with E-state index >= 15 is 0 Å². The largest absolute Gasteiger partial charge is 0.497 e. The maximum atomic E-state index is 9.53. The summed E-state index contributed by atoms with van der Waals surface area (Å²) in [5.41, 5.74) is 3.39. The number of pyridine rings is 1. The van der Waals surface area contributed by atoms with Crippen LogP contribution in [0.3, 0.4) is 0 Å². The number of fused-ring (bicyclic) bond motifs is 1. The zero-order chi connectivity index (χ0) is 19.5. The van der Waals surface area contributed by atoms with Crippen LogP contribution in [-0.2, 0) is 0 Å². The van der Waals surface area contributed by atoms with Gasteiger partial charge in [0.25, 0.3) is 0 Å². The van der Waals surface area contributed by atoms with Crippen LogP contribution in [0.2, 0.25) is 0 Å². The molecule has 1 fully saturated rings. The van der Waals surface area contributed by atoms with Crippen molar-refractivity contribution >= 4 is 22.3 Å². The molecule has 1 saturated heterocycles. The highest BCUT2D eigenvalue weighted by Gasteiger charge is 2.25. The first-order chi connectivity index (χ1) is 13.7. The van der Waals surface area contributed by atoms with Crippen molar-refractivity contribution < 1.29 is 9.47 Å². The van der Waals surface area contributed by atoms with E-state index in [0.717, 1.165) is 53.3 Å². The summed E-state index contributed by atoms with van der Waals surface area (Å²) in [6.45, 7) is 1.75. The van der Waals surface area contributed by atoms with E-state index in [1.807, 2.05) is 42.5 Å². The Morgan fingerprint density at radius 3 is 2.61 bits per heavy atom. The van der Waals surface area contributed by atoms with Crippen LogP contribution in [0.1, 0.15) is 12.0 Å². The molecule has 1 N–H and O–H groups in total. The predicted molar refractivity (Wildman–Crippen MR) is 110 cm³/mol. The number of ether oxygens (including phenoxy) is 2. The van der Waals surface area contributed by atoms with Crippen LogP contribution >= 0.6 is 0 Å². The number of benzene rings is 2. The van der Waals surface area contributed by atoms with Gasteiger partial charge in [0.1, 0.15) is 17.6 Å². The first-order valence-electron chi connectivity index (χ1n) is 9.24. The Bertz CT molecular complexity index is 1020. The van der Waals surface area contributed by atoms with Crippen LogP contribution in [0.15, 0.2) is 48.7 Å². The maximum Gasteiger partial charge on any atom is 0.124 e. The molecule has 0 spiro atoms. The molecule has 2 aromatic carbocycles. The van der Waals surface area contributed by atoms with Gasteiger partial charge in [0.15, 0.2) is 0 Å². The van der Waals surface area contributed by atoms with Crippen molar-refractivity contribution in [2.24, 2.45) is 0 Å². The molecule has 2 heterocycles. The smallest absolute Gasteiger partial charge is 0.124 e. The van der Waals surface area contributed by atoms with Gasteiger partial charge < -0.3 is 19.7 Å². The van der Waals surface area contributed by atoms with E-state index in [2.05, 4.69) is 21.3 Å². The standard InChI is InChI=1S/C22H22N4O2/c1-27-18-9-17(10-19(11-18)28-2)26-8-7-16(14-26)25-22-15(12-23)13-24-21-6-4-3-5-20(21)22/h3-6,9-11,13,16H,7-8,14H2,1-2H3,(H,24,25). The van der Waals surface area contributed by atoms with Crippen molar-refractivity contribution in [2.45, 2.75) is 12.5 Å².